The topological polar surface area (TPSA) is 67.0 Å². The van der Waals surface area contributed by atoms with Gasteiger partial charge in [0.2, 0.25) is 5.91 Å². The highest BCUT2D eigenvalue weighted by Crippen LogP contribution is 2.17. The van der Waals surface area contributed by atoms with Crippen molar-refractivity contribution in [1.29, 1.82) is 0 Å². The number of ether oxygens (including phenoxy) is 1. The maximum Gasteiger partial charge on any atom is 0.249 e. The van der Waals surface area contributed by atoms with Crippen LogP contribution < -0.4 is 5.32 Å². The van der Waals surface area contributed by atoms with Crippen LogP contribution in [0.5, 0.6) is 0 Å². The molecular formula is C15H18ClN3O2. The molecular weight excluding hydrogens is 290 g/mol. The van der Waals surface area contributed by atoms with Crippen molar-refractivity contribution in [3.8, 4) is 0 Å². The van der Waals surface area contributed by atoms with E-state index in [4.69, 9.17) is 16.3 Å². The third-order valence-electron chi connectivity index (χ3n) is 3.60. The highest BCUT2D eigenvalue weighted by atomic mass is 35.5. The quantitative estimate of drug-likeness (QED) is 0.834. The van der Waals surface area contributed by atoms with E-state index in [-0.39, 0.29) is 12.0 Å². The summed E-state index contributed by atoms with van der Waals surface area (Å²) >= 11 is 5.94. The molecule has 1 aromatic heterocycles. The van der Waals surface area contributed by atoms with Gasteiger partial charge in [0, 0.05) is 24.6 Å². The van der Waals surface area contributed by atoms with Crippen molar-refractivity contribution in [3.05, 3.63) is 29.0 Å². The Morgan fingerprint density at radius 2 is 2.43 bits per heavy atom. The number of carbonyl (C=O) groups excluding carboxylic acids is 1. The lowest BCUT2D eigenvalue weighted by atomic mass is 10.2. The molecule has 112 valence electrons. The third-order valence-corrected chi connectivity index (χ3v) is 3.84. The number of aromatic amines is 1. The van der Waals surface area contributed by atoms with E-state index in [0.29, 0.717) is 18.2 Å². The number of halogens is 1. The standard InChI is InChI=1S/C15H18ClN3O2/c16-10-5-6-11-12(9-10)19-14(18-11)4-1-7-17-15(20)13-3-2-8-21-13/h5-6,9,13H,1-4,7-8H2,(H,17,20)(H,18,19)/t13-/m1/s1. The average Bonchev–Trinajstić information content (AvgIpc) is 3.11. The van der Waals surface area contributed by atoms with Crippen LogP contribution in [-0.2, 0) is 16.0 Å². The highest BCUT2D eigenvalue weighted by molar-refractivity contribution is 6.31. The fraction of sp³-hybridized carbons (Fsp3) is 0.467. The van der Waals surface area contributed by atoms with E-state index in [2.05, 4.69) is 15.3 Å². The van der Waals surface area contributed by atoms with Gasteiger partial charge in [-0.3, -0.25) is 4.79 Å². The zero-order chi connectivity index (χ0) is 14.7. The third kappa shape index (κ3) is 3.54. The van der Waals surface area contributed by atoms with Crippen LogP contribution in [0.25, 0.3) is 11.0 Å². The molecule has 1 atom stereocenters. The van der Waals surface area contributed by atoms with Gasteiger partial charge in [0.05, 0.1) is 11.0 Å². The van der Waals surface area contributed by atoms with E-state index < -0.39 is 0 Å². The Morgan fingerprint density at radius 3 is 3.24 bits per heavy atom. The molecule has 0 spiro atoms. The molecule has 2 aromatic rings. The number of imidazole rings is 1. The van der Waals surface area contributed by atoms with Gasteiger partial charge in [-0.25, -0.2) is 4.98 Å². The number of hydrogen-bond acceptors (Lipinski definition) is 3. The lowest BCUT2D eigenvalue weighted by Crippen LogP contribution is -2.34. The molecule has 0 aliphatic carbocycles. The maximum atomic E-state index is 11.8. The fourth-order valence-corrected chi connectivity index (χ4v) is 2.69. The predicted molar refractivity (Wildman–Crippen MR) is 81.4 cm³/mol. The number of H-pyrrole nitrogens is 1. The molecule has 6 heteroatoms. The number of fused-ring (bicyclic) bond motifs is 1. The minimum Gasteiger partial charge on any atom is -0.368 e. The smallest absolute Gasteiger partial charge is 0.249 e. The molecule has 1 aromatic carbocycles. The molecule has 0 bridgehead atoms. The fourth-order valence-electron chi connectivity index (χ4n) is 2.52. The van der Waals surface area contributed by atoms with Crippen molar-refractivity contribution in [1.82, 2.24) is 15.3 Å². The van der Waals surface area contributed by atoms with Crippen LogP contribution in [0.4, 0.5) is 0 Å². The molecule has 1 saturated heterocycles. The van der Waals surface area contributed by atoms with Gasteiger partial charge in [0.25, 0.3) is 0 Å². The largest absolute Gasteiger partial charge is 0.368 e. The lowest BCUT2D eigenvalue weighted by molar-refractivity contribution is -0.130. The first-order chi connectivity index (χ1) is 10.2. The van der Waals surface area contributed by atoms with Crippen molar-refractivity contribution in [3.63, 3.8) is 0 Å². The zero-order valence-corrected chi connectivity index (χ0v) is 12.4. The van der Waals surface area contributed by atoms with Gasteiger partial charge in [0.15, 0.2) is 0 Å². The summed E-state index contributed by atoms with van der Waals surface area (Å²) in [6.45, 7) is 1.33. The van der Waals surface area contributed by atoms with Crippen LogP contribution in [0, 0.1) is 0 Å². The number of nitrogens with one attached hydrogen (secondary N) is 2. The van der Waals surface area contributed by atoms with Crippen LogP contribution >= 0.6 is 11.6 Å². The van der Waals surface area contributed by atoms with E-state index in [1.807, 2.05) is 18.2 Å². The van der Waals surface area contributed by atoms with Gasteiger partial charge >= 0.3 is 0 Å². The van der Waals surface area contributed by atoms with E-state index in [1.165, 1.54) is 0 Å². The maximum absolute atomic E-state index is 11.8. The molecule has 2 heterocycles. The molecule has 2 N–H and O–H groups in total. The lowest BCUT2D eigenvalue weighted by Gasteiger charge is -2.09. The Bertz CT molecular complexity index is 635. The zero-order valence-electron chi connectivity index (χ0n) is 11.7. The molecule has 1 fully saturated rings. The summed E-state index contributed by atoms with van der Waals surface area (Å²) in [7, 11) is 0. The van der Waals surface area contributed by atoms with Crippen molar-refractivity contribution in [2.24, 2.45) is 0 Å². The molecule has 3 rings (SSSR count). The summed E-state index contributed by atoms with van der Waals surface area (Å²) in [5.41, 5.74) is 1.86. The summed E-state index contributed by atoms with van der Waals surface area (Å²) < 4.78 is 5.34. The normalized spacial score (nSPS) is 18.2. The second kappa shape index (κ2) is 6.45. The second-order valence-electron chi connectivity index (χ2n) is 5.24. The monoisotopic (exact) mass is 307 g/mol. The number of benzene rings is 1. The average molecular weight is 308 g/mol. The van der Waals surface area contributed by atoms with Crippen molar-refractivity contribution in [2.45, 2.75) is 31.8 Å². The Hall–Kier alpha value is -1.59. The Kier molecular flexibility index (Phi) is 4.41. The van der Waals surface area contributed by atoms with Gasteiger partial charge < -0.3 is 15.0 Å². The Morgan fingerprint density at radius 1 is 1.52 bits per heavy atom. The van der Waals surface area contributed by atoms with E-state index in [0.717, 1.165) is 42.5 Å². The molecule has 0 unspecified atom stereocenters. The predicted octanol–water partition coefficient (Wildman–Crippen LogP) is 2.44. The molecule has 0 radical (unpaired) electrons. The highest BCUT2D eigenvalue weighted by Gasteiger charge is 2.22. The molecule has 21 heavy (non-hydrogen) atoms. The summed E-state index contributed by atoms with van der Waals surface area (Å²) in [6.07, 6.45) is 3.18. The Balaban J connectivity index is 1.46. The number of aromatic nitrogens is 2. The summed E-state index contributed by atoms with van der Waals surface area (Å²) in [5.74, 6) is 0.919. The van der Waals surface area contributed by atoms with Crippen LogP contribution in [0.3, 0.4) is 0 Å². The molecule has 5 nitrogen and oxygen atoms in total. The van der Waals surface area contributed by atoms with Gasteiger partial charge in [-0.1, -0.05) is 11.6 Å². The molecule has 1 amide bonds. The van der Waals surface area contributed by atoms with Gasteiger partial charge in [0.1, 0.15) is 11.9 Å². The van der Waals surface area contributed by atoms with Crippen LogP contribution in [0.1, 0.15) is 25.1 Å². The summed E-state index contributed by atoms with van der Waals surface area (Å²) in [6, 6.07) is 5.60. The molecule has 1 aliphatic rings. The van der Waals surface area contributed by atoms with E-state index >= 15 is 0 Å². The van der Waals surface area contributed by atoms with Gasteiger partial charge in [-0.2, -0.15) is 0 Å². The number of rotatable bonds is 5. The molecule has 1 aliphatic heterocycles. The van der Waals surface area contributed by atoms with Gasteiger partial charge in [-0.05, 0) is 37.5 Å². The van der Waals surface area contributed by atoms with Crippen LogP contribution in [-0.4, -0.2) is 35.1 Å². The van der Waals surface area contributed by atoms with Gasteiger partial charge in [-0.15, -0.1) is 0 Å². The molecule has 0 saturated carbocycles. The van der Waals surface area contributed by atoms with Crippen molar-refractivity contribution < 1.29 is 9.53 Å². The first-order valence-electron chi connectivity index (χ1n) is 7.26. The number of carbonyl (C=O) groups is 1. The first kappa shape index (κ1) is 14.4. The minimum absolute atomic E-state index is 0.00360. The second-order valence-corrected chi connectivity index (χ2v) is 5.68. The number of aryl methyl sites for hydroxylation is 1. The van der Waals surface area contributed by atoms with Crippen LogP contribution in [0.15, 0.2) is 18.2 Å². The minimum atomic E-state index is -0.252. The summed E-state index contributed by atoms with van der Waals surface area (Å²) in [4.78, 5) is 19.5. The van der Waals surface area contributed by atoms with E-state index in [1.54, 1.807) is 0 Å². The Labute approximate surface area is 128 Å². The van der Waals surface area contributed by atoms with Crippen molar-refractivity contribution >= 4 is 28.5 Å². The SMILES string of the molecule is O=C(NCCCc1nc2ccc(Cl)cc2[nH]1)[C@H]1CCCO1. The first-order valence-corrected chi connectivity index (χ1v) is 7.63. The summed E-state index contributed by atoms with van der Waals surface area (Å²) in [5, 5.41) is 3.61. The number of amides is 1. The van der Waals surface area contributed by atoms with Crippen molar-refractivity contribution in [2.75, 3.05) is 13.2 Å². The number of hydrogen-bond donors (Lipinski definition) is 2. The van der Waals surface area contributed by atoms with E-state index in [9.17, 15) is 4.79 Å². The number of nitrogens with zero attached hydrogens (tertiary/aromatic N) is 1. The van der Waals surface area contributed by atoms with Crippen LogP contribution in [0.2, 0.25) is 5.02 Å².